The maximum Gasteiger partial charge on any atom is 0.223 e. The topological polar surface area (TPSA) is 49.4 Å². The normalized spacial score (nSPS) is 20.6. The van der Waals surface area contributed by atoms with Crippen LogP contribution in [0.3, 0.4) is 0 Å². The van der Waals surface area contributed by atoms with Crippen LogP contribution in [0, 0.1) is 25.7 Å². The molecule has 2 aromatic carbocycles. The highest BCUT2D eigenvalue weighted by Crippen LogP contribution is 2.39. The molecular weight excluding hydrogens is 523 g/mol. The van der Waals surface area contributed by atoms with E-state index < -0.39 is 0 Å². The second-order valence-corrected chi connectivity index (χ2v) is 11.4. The Balaban J connectivity index is 0.000000622. The number of allylic oxidation sites excluding steroid dienone is 6. The standard InChI is InChI=1S/C15H21N2O2P.C8H12.C7H8.C4H8.C2H6/c1-10-6-4-5-7-12(10)15-17(3)13(18)8-11(2)14(19)16-9-20-15;1-7-5-3-4-6-8(7)2;1-7-5-3-2-4-6-7;1-3-4-2;1-2/h4-7,11,15,20H,8-9H2,1-3H3,(H,16,19);3-5,8H,6H2,1-2H3;2-6H,1H3;3-4H,1-2H3;1-2H3/b;;;4-3-;/t11-,15+;8-;;;/m11.../s1. The molecule has 0 saturated carbocycles. The van der Waals surface area contributed by atoms with Crippen LogP contribution in [-0.4, -0.2) is 30.0 Å². The van der Waals surface area contributed by atoms with Crippen molar-refractivity contribution in [3.8, 4) is 0 Å². The SMILES string of the molecule is C/C=C\C.CC.CC1=CC=CC[C@H]1C.Cc1ccccc1.Cc1ccccc1[C@@H]1PCNC(=O)[C@H](C)CC(=O)N1C. The second kappa shape index (κ2) is 22.7. The molecule has 1 unspecified atom stereocenters. The van der Waals surface area contributed by atoms with Gasteiger partial charge in [0.15, 0.2) is 0 Å². The summed E-state index contributed by atoms with van der Waals surface area (Å²) in [5, 5.41) is 2.93. The minimum atomic E-state index is -0.259. The van der Waals surface area contributed by atoms with Crippen LogP contribution >= 0.6 is 8.58 Å². The number of hydrogen-bond acceptors (Lipinski definition) is 2. The van der Waals surface area contributed by atoms with Crippen molar-refractivity contribution < 1.29 is 9.59 Å². The van der Waals surface area contributed by atoms with Gasteiger partial charge in [0.25, 0.3) is 0 Å². The molecule has 5 heteroatoms. The summed E-state index contributed by atoms with van der Waals surface area (Å²) in [5.74, 6) is 0.583. The number of hydrogen-bond donors (Lipinski definition) is 1. The van der Waals surface area contributed by atoms with E-state index in [2.05, 4.69) is 75.5 Å². The number of nitrogens with zero attached hydrogens (tertiary/aromatic N) is 1. The van der Waals surface area contributed by atoms with E-state index in [1.165, 1.54) is 28.7 Å². The van der Waals surface area contributed by atoms with Crippen molar-refractivity contribution in [2.24, 2.45) is 11.8 Å². The average Bonchev–Trinajstić information content (AvgIpc) is 3.03. The van der Waals surface area contributed by atoms with Crippen LogP contribution < -0.4 is 5.32 Å². The van der Waals surface area contributed by atoms with Gasteiger partial charge in [-0.05, 0) is 58.1 Å². The van der Waals surface area contributed by atoms with Crippen LogP contribution in [0.25, 0.3) is 0 Å². The van der Waals surface area contributed by atoms with Gasteiger partial charge in [0.2, 0.25) is 11.8 Å². The first kappa shape index (κ1) is 38.0. The van der Waals surface area contributed by atoms with Gasteiger partial charge in [-0.2, -0.15) is 0 Å². The van der Waals surface area contributed by atoms with Crippen LogP contribution in [0.15, 0.2) is 90.6 Å². The molecule has 1 aliphatic carbocycles. The van der Waals surface area contributed by atoms with Crippen LogP contribution in [0.1, 0.15) is 83.8 Å². The molecule has 1 aliphatic heterocycles. The van der Waals surface area contributed by atoms with E-state index in [1.54, 1.807) is 11.8 Å². The quantitative estimate of drug-likeness (QED) is 0.271. The number of aryl methyl sites for hydroxylation is 2. The molecule has 0 bridgehead atoms. The smallest absolute Gasteiger partial charge is 0.223 e. The van der Waals surface area contributed by atoms with Crippen molar-refractivity contribution in [3.05, 3.63) is 107 Å². The molecule has 41 heavy (non-hydrogen) atoms. The molecule has 4 nitrogen and oxygen atoms in total. The molecule has 1 fully saturated rings. The molecular formula is C36H55N2O2P. The lowest BCUT2D eigenvalue weighted by Gasteiger charge is -2.29. The highest BCUT2D eigenvalue weighted by Gasteiger charge is 2.27. The molecule has 4 atom stereocenters. The van der Waals surface area contributed by atoms with E-state index in [1.807, 2.05) is 77.2 Å². The minimum Gasteiger partial charge on any atom is -0.352 e. The fourth-order valence-electron chi connectivity index (χ4n) is 3.79. The zero-order valence-corrected chi connectivity index (χ0v) is 28.2. The lowest BCUT2D eigenvalue weighted by molar-refractivity contribution is -0.135. The highest BCUT2D eigenvalue weighted by molar-refractivity contribution is 7.38. The Morgan fingerprint density at radius 1 is 0.878 bits per heavy atom. The number of carbonyl (C=O) groups excluding carboxylic acids is 2. The summed E-state index contributed by atoms with van der Waals surface area (Å²) < 4.78 is 0. The Bertz CT molecular complexity index is 1090. The second-order valence-electron chi connectivity index (χ2n) is 10.1. The van der Waals surface area contributed by atoms with Gasteiger partial charge < -0.3 is 10.2 Å². The summed E-state index contributed by atoms with van der Waals surface area (Å²) in [7, 11) is 2.31. The van der Waals surface area contributed by atoms with Crippen molar-refractivity contribution in [1.82, 2.24) is 10.2 Å². The fraction of sp³-hybridized carbons (Fsp3) is 0.444. The monoisotopic (exact) mass is 578 g/mol. The Kier molecular flexibility index (Phi) is 21.0. The zero-order chi connectivity index (χ0) is 31.2. The summed E-state index contributed by atoms with van der Waals surface area (Å²) in [6, 6.07) is 18.4. The first-order valence-electron chi connectivity index (χ1n) is 14.9. The molecule has 2 aliphatic rings. The molecule has 2 aromatic rings. The predicted octanol–water partition coefficient (Wildman–Crippen LogP) is 9.38. The van der Waals surface area contributed by atoms with Crippen LogP contribution in [-0.2, 0) is 9.59 Å². The summed E-state index contributed by atoms with van der Waals surface area (Å²) in [5.41, 5.74) is 5.18. The minimum absolute atomic E-state index is 0.0234. The van der Waals surface area contributed by atoms with Gasteiger partial charge in [-0.25, -0.2) is 0 Å². The van der Waals surface area contributed by atoms with Crippen molar-refractivity contribution >= 4 is 20.4 Å². The van der Waals surface area contributed by atoms with E-state index in [0.717, 1.165) is 5.92 Å². The first-order chi connectivity index (χ1) is 19.6. The summed E-state index contributed by atoms with van der Waals surface area (Å²) >= 11 is 0. The Morgan fingerprint density at radius 3 is 1.93 bits per heavy atom. The van der Waals surface area contributed by atoms with E-state index in [9.17, 15) is 9.59 Å². The molecule has 4 rings (SSSR count). The zero-order valence-electron chi connectivity index (χ0n) is 27.2. The lowest BCUT2D eigenvalue weighted by atomic mass is 9.95. The summed E-state index contributed by atoms with van der Waals surface area (Å²) in [6.07, 6.45) is 12.7. The molecule has 1 N–H and O–H groups in total. The predicted molar refractivity (Wildman–Crippen MR) is 181 cm³/mol. The Morgan fingerprint density at radius 2 is 1.46 bits per heavy atom. The molecule has 1 saturated heterocycles. The van der Waals surface area contributed by atoms with Gasteiger partial charge in [-0.3, -0.25) is 9.59 Å². The maximum atomic E-state index is 12.3. The average molecular weight is 579 g/mol. The maximum absolute atomic E-state index is 12.3. The van der Waals surface area contributed by atoms with Crippen molar-refractivity contribution in [2.45, 2.75) is 80.9 Å². The Hall–Kier alpha value is -2.97. The number of nitrogens with one attached hydrogen (secondary N) is 1. The molecule has 226 valence electrons. The molecule has 0 radical (unpaired) electrons. The molecule has 2 amide bonds. The Labute approximate surface area is 253 Å². The molecule has 0 aromatic heterocycles. The first-order valence-corrected chi connectivity index (χ1v) is 16.1. The van der Waals surface area contributed by atoms with Crippen LogP contribution in [0.5, 0.6) is 0 Å². The number of benzene rings is 2. The van der Waals surface area contributed by atoms with Crippen molar-refractivity contribution in [3.63, 3.8) is 0 Å². The van der Waals surface area contributed by atoms with Gasteiger partial charge in [0.1, 0.15) is 0 Å². The van der Waals surface area contributed by atoms with Gasteiger partial charge in [0.05, 0.1) is 5.78 Å². The number of carbonyl (C=O) groups is 2. The van der Waals surface area contributed by atoms with Crippen molar-refractivity contribution in [2.75, 3.05) is 13.3 Å². The lowest BCUT2D eigenvalue weighted by Crippen LogP contribution is -2.32. The number of rotatable bonds is 1. The molecule has 0 spiro atoms. The fourth-order valence-corrected chi connectivity index (χ4v) is 5.22. The summed E-state index contributed by atoms with van der Waals surface area (Å²) in [6.45, 7) is 18.4. The molecule has 1 heterocycles. The van der Waals surface area contributed by atoms with Crippen LogP contribution in [0.4, 0.5) is 0 Å². The van der Waals surface area contributed by atoms with Gasteiger partial charge in [0, 0.05) is 25.7 Å². The summed E-state index contributed by atoms with van der Waals surface area (Å²) in [4.78, 5) is 25.9. The van der Waals surface area contributed by atoms with E-state index in [0.29, 0.717) is 14.9 Å². The third-order valence-corrected chi connectivity index (χ3v) is 8.25. The van der Waals surface area contributed by atoms with Gasteiger partial charge in [-0.15, -0.1) is 0 Å². The van der Waals surface area contributed by atoms with Crippen LogP contribution in [0.2, 0.25) is 0 Å². The number of amides is 2. The van der Waals surface area contributed by atoms with E-state index in [-0.39, 0.29) is 29.9 Å². The van der Waals surface area contributed by atoms with Crippen molar-refractivity contribution in [1.29, 1.82) is 0 Å². The van der Waals surface area contributed by atoms with Gasteiger partial charge in [-0.1, -0.05) is 132 Å². The van der Waals surface area contributed by atoms with E-state index in [4.69, 9.17) is 0 Å². The van der Waals surface area contributed by atoms with E-state index >= 15 is 0 Å². The highest BCUT2D eigenvalue weighted by atomic mass is 31.1. The third-order valence-electron chi connectivity index (χ3n) is 6.79. The van der Waals surface area contributed by atoms with Gasteiger partial charge >= 0.3 is 0 Å². The third kappa shape index (κ3) is 15.6. The largest absolute Gasteiger partial charge is 0.352 e.